The molecule has 2 aromatic rings. The Labute approximate surface area is 170 Å². The Morgan fingerprint density at radius 3 is 2.46 bits per heavy atom. The lowest BCUT2D eigenvalue weighted by Crippen LogP contribution is -2.30. The third-order valence-electron chi connectivity index (χ3n) is 3.81. The molecule has 0 N–H and O–H groups in total. The molecular formula is C18H18ClNO3S3. The van der Waals surface area contributed by atoms with Crippen molar-refractivity contribution < 1.29 is 14.3 Å². The first-order valence-electron chi connectivity index (χ1n) is 8.01. The van der Waals surface area contributed by atoms with Crippen molar-refractivity contribution in [3.05, 3.63) is 56.7 Å². The first kappa shape index (κ1) is 19.6. The Balaban J connectivity index is 1.48. The molecule has 8 heteroatoms. The number of halogens is 1. The van der Waals surface area contributed by atoms with Crippen LogP contribution in [0.25, 0.3) is 0 Å². The second-order valence-corrected chi connectivity index (χ2v) is 10.3. The molecule has 1 aromatic heterocycles. The van der Waals surface area contributed by atoms with Gasteiger partial charge in [-0.15, -0.1) is 34.9 Å². The molecule has 2 heterocycles. The van der Waals surface area contributed by atoms with E-state index in [1.165, 1.54) is 21.8 Å². The van der Waals surface area contributed by atoms with Crippen LogP contribution in [0.4, 0.5) is 0 Å². The second-order valence-electron chi connectivity index (χ2n) is 5.73. The van der Waals surface area contributed by atoms with Crippen LogP contribution in [0.1, 0.15) is 25.4 Å². The first-order valence-corrected chi connectivity index (χ1v) is 11.3. The third kappa shape index (κ3) is 5.19. The summed E-state index contributed by atoms with van der Waals surface area (Å²) in [5.74, 6) is 1.58. The predicted molar refractivity (Wildman–Crippen MR) is 110 cm³/mol. The highest BCUT2D eigenvalue weighted by Crippen LogP contribution is 2.45. The standard InChI is InChI=1S/C18H18ClNO3S3/c1-20(10-14-6-7-15(19)26-14)16(21)11-23-17(22)12-2-4-13(5-3-12)18-24-8-9-25-18/h2-7,18H,8-11H2,1H3. The van der Waals surface area contributed by atoms with E-state index in [2.05, 4.69) is 0 Å². The second kappa shape index (κ2) is 9.17. The SMILES string of the molecule is CN(Cc1ccc(Cl)s1)C(=O)COC(=O)c1ccc(C2SCCS2)cc1. The van der Waals surface area contributed by atoms with Gasteiger partial charge in [0.1, 0.15) is 0 Å². The van der Waals surface area contributed by atoms with E-state index in [9.17, 15) is 9.59 Å². The third-order valence-corrected chi connectivity index (χ3v) is 8.13. The van der Waals surface area contributed by atoms with Gasteiger partial charge in [-0.25, -0.2) is 4.79 Å². The molecule has 4 nitrogen and oxygen atoms in total. The Hall–Kier alpha value is -1.15. The molecule has 3 rings (SSSR count). The minimum Gasteiger partial charge on any atom is -0.452 e. The van der Waals surface area contributed by atoms with Gasteiger partial charge in [0, 0.05) is 23.4 Å². The summed E-state index contributed by atoms with van der Waals surface area (Å²) in [5.41, 5.74) is 1.67. The Kier molecular flexibility index (Phi) is 6.92. The number of carbonyl (C=O) groups is 2. The molecule has 26 heavy (non-hydrogen) atoms. The summed E-state index contributed by atoms with van der Waals surface area (Å²) in [6, 6.07) is 11.1. The molecule has 0 radical (unpaired) electrons. The number of thiophene rings is 1. The lowest BCUT2D eigenvalue weighted by atomic mass is 10.1. The Morgan fingerprint density at radius 1 is 1.15 bits per heavy atom. The quantitative estimate of drug-likeness (QED) is 0.625. The number of rotatable bonds is 6. The van der Waals surface area contributed by atoms with Gasteiger partial charge < -0.3 is 9.64 Å². The zero-order valence-electron chi connectivity index (χ0n) is 14.1. The highest BCUT2D eigenvalue weighted by molar-refractivity contribution is 8.19. The van der Waals surface area contributed by atoms with Crippen LogP contribution in [0, 0.1) is 0 Å². The largest absolute Gasteiger partial charge is 0.452 e. The average Bonchev–Trinajstić information content (AvgIpc) is 3.31. The maximum atomic E-state index is 12.1. The number of likely N-dealkylation sites (N-methyl/N-ethyl adjacent to an activating group) is 1. The number of thioether (sulfide) groups is 2. The van der Waals surface area contributed by atoms with Gasteiger partial charge >= 0.3 is 5.97 Å². The molecule has 138 valence electrons. The highest BCUT2D eigenvalue weighted by Gasteiger charge is 2.19. The number of carbonyl (C=O) groups excluding carboxylic acids is 2. The smallest absolute Gasteiger partial charge is 0.338 e. The minimum absolute atomic E-state index is 0.252. The fourth-order valence-corrected chi connectivity index (χ4v) is 6.41. The number of nitrogens with zero attached hydrogens (tertiary/aromatic N) is 1. The summed E-state index contributed by atoms with van der Waals surface area (Å²) in [5, 5.41) is 0. The number of amides is 1. The zero-order chi connectivity index (χ0) is 18.5. The van der Waals surface area contributed by atoms with Gasteiger partial charge in [0.25, 0.3) is 5.91 Å². The normalized spacial score (nSPS) is 14.4. The molecule has 1 aliphatic rings. The highest BCUT2D eigenvalue weighted by atomic mass is 35.5. The monoisotopic (exact) mass is 427 g/mol. The van der Waals surface area contributed by atoms with Crippen LogP contribution in [0.5, 0.6) is 0 Å². The maximum absolute atomic E-state index is 12.1. The van der Waals surface area contributed by atoms with Gasteiger partial charge in [-0.2, -0.15) is 0 Å². The molecule has 0 unspecified atom stereocenters. The van der Waals surface area contributed by atoms with E-state index >= 15 is 0 Å². The van der Waals surface area contributed by atoms with Crippen molar-refractivity contribution in [2.75, 3.05) is 25.2 Å². The summed E-state index contributed by atoms with van der Waals surface area (Å²) in [6.45, 7) is 0.170. The maximum Gasteiger partial charge on any atom is 0.338 e. The molecule has 0 aliphatic carbocycles. The van der Waals surface area contributed by atoms with Gasteiger partial charge in [0.2, 0.25) is 0 Å². The molecule has 1 aliphatic heterocycles. The molecule has 1 aromatic carbocycles. The number of esters is 1. The fraction of sp³-hybridized carbons (Fsp3) is 0.333. The summed E-state index contributed by atoms with van der Waals surface area (Å²) >= 11 is 11.2. The number of hydrogen-bond acceptors (Lipinski definition) is 6. The van der Waals surface area contributed by atoms with E-state index in [0.717, 1.165) is 16.4 Å². The predicted octanol–water partition coefficient (Wildman–Crippen LogP) is 4.70. The van der Waals surface area contributed by atoms with E-state index in [0.29, 0.717) is 21.0 Å². The number of hydrogen-bond donors (Lipinski definition) is 0. The lowest BCUT2D eigenvalue weighted by Gasteiger charge is -2.16. The molecular weight excluding hydrogens is 410 g/mol. The van der Waals surface area contributed by atoms with E-state index < -0.39 is 5.97 Å². The van der Waals surface area contributed by atoms with Crippen LogP contribution in [-0.2, 0) is 16.1 Å². The molecule has 0 saturated carbocycles. The van der Waals surface area contributed by atoms with Crippen molar-refractivity contribution in [1.29, 1.82) is 0 Å². The van der Waals surface area contributed by atoms with E-state index in [-0.39, 0.29) is 12.5 Å². The summed E-state index contributed by atoms with van der Waals surface area (Å²) in [6.07, 6.45) is 0. The van der Waals surface area contributed by atoms with Crippen molar-refractivity contribution >= 4 is 58.3 Å². The molecule has 1 fully saturated rings. The van der Waals surface area contributed by atoms with Crippen molar-refractivity contribution in [2.24, 2.45) is 0 Å². The van der Waals surface area contributed by atoms with Crippen molar-refractivity contribution in [3.63, 3.8) is 0 Å². The van der Waals surface area contributed by atoms with Crippen LogP contribution in [0.3, 0.4) is 0 Å². The van der Waals surface area contributed by atoms with Crippen LogP contribution in [-0.4, -0.2) is 41.9 Å². The van der Waals surface area contributed by atoms with Crippen LogP contribution in [0.2, 0.25) is 4.34 Å². The van der Waals surface area contributed by atoms with Gasteiger partial charge in [-0.1, -0.05) is 23.7 Å². The molecule has 0 bridgehead atoms. The summed E-state index contributed by atoms with van der Waals surface area (Å²) in [7, 11) is 1.68. The number of ether oxygens (including phenoxy) is 1. The fourth-order valence-electron chi connectivity index (χ4n) is 2.41. The average molecular weight is 428 g/mol. The van der Waals surface area contributed by atoms with Crippen LogP contribution in [0.15, 0.2) is 36.4 Å². The van der Waals surface area contributed by atoms with Crippen molar-refractivity contribution in [2.45, 2.75) is 11.1 Å². The van der Waals surface area contributed by atoms with Gasteiger partial charge in [0.15, 0.2) is 6.61 Å². The zero-order valence-corrected chi connectivity index (χ0v) is 17.3. The molecule has 1 saturated heterocycles. The Bertz CT molecular complexity index is 772. The van der Waals surface area contributed by atoms with Crippen molar-refractivity contribution in [1.82, 2.24) is 4.90 Å². The van der Waals surface area contributed by atoms with E-state index in [1.54, 1.807) is 25.2 Å². The van der Waals surface area contributed by atoms with E-state index in [1.807, 2.05) is 41.7 Å². The van der Waals surface area contributed by atoms with Crippen molar-refractivity contribution in [3.8, 4) is 0 Å². The Morgan fingerprint density at radius 2 is 1.85 bits per heavy atom. The van der Waals surface area contributed by atoms with Gasteiger partial charge in [-0.3, -0.25) is 4.79 Å². The molecule has 0 atom stereocenters. The first-order chi connectivity index (χ1) is 12.5. The lowest BCUT2D eigenvalue weighted by molar-refractivity contribution is -0.133. The summed E-state index contributed by atoms with van der Waals surface area (Å²) in [4.78, 5) is 26.8. The summed E-state index contributed by atoms with van der Waals surface area (Å²) < 4.78 is 6.29. The number of benzene rings is 1. The van der Waals surface area contributed by atoms with Crippen LogP contribution >= 0.6 is 46.5 Å². The molecule has 1 amide bonds. The van der Waals surface area contributed by atoms with Crippen LogP contribution < -0.4 is 0 Å². The van der Waals surface area contributed by atoms with Gasteiger partial charge in [0.05, 0.1) is 21.0 Å². The van der Waals surface area contributed by atoms with E-state index in [4.69, 9.17) is 16.3 Å². The van der Waals surface area contributed by atoms with Gasteiger partial charge in [-0.05, 0) is 29.8 Å². The topological polar surface area (TPSA) is 46.6 Å². The minimum atomic E-state index is -0.482. The molecule has 0 spiro atoms.